The number of nitrogens with zero attached hydrogens (tertiary/aromatic N) is 3. The lowest BCUT2D eigenvalue weighted by atomic mass is 10.2. The smallest absolute Gasteiger partial charge is 0.229 e. The molecule has 2 aliphatic rings. The number of piperazine rings is 1. The molecule has 3 atom stereocenters. The van der Waals surface area contributed by atoms with Gasteiger partial charge in [0.1, 0.15) is 6.10 Å². The molecule has 0 bridgehead atoms. The van der Waals surface area contributed by atoms with Crippen molar-refractivity contribution in [2.75, 3.05) is 31.1 Å². The molecule has 1 aliphatic carbocycles. The Morgan fingerprint density at radius 1 is 1.04 bits per heavy atom. The second kappa shape index (κ2) is 7.70. The van der Waals surface area contributed by atoms with Gasteiger partial charge >= 0.3 is 0 Å². The molecule has 1 saturated heterocycles. The Hall–Kier alpha value is -1.67. The van der Waals surface area contributed by atoms with Crippen molar-refractivity contribution >= 4 is 29.3 Å². The van der Waals surface area contributed by atoms with E-state index < -0.39 is 12.2 Å². The SMILES string of the molecule is Cl.O[C@@H]1C[C@H](Oc2nc(N3CCNCC3)nc3ccccc23)C[C@@H]1O. The second-order valence-electron chi connectivity index (χ2n) is 6.43. The first kappa shape index (κ1) is 18.1. The van der Waals surface area contributed by atoms with Crippen molar-refractivity contribution in [1.82, 2.24) is 15.3 Å². The van der Waals surface area contributed by atoms with Gasteiger partial charge in [0.25, 0.3) is 0 Å². The highest BCUT2D eigenvalue weighted by atomic mass is 35.5. The average molecular weight is 367 g/mol. The van der Waals surface area contributed by atoms with E-state index in [1.54, 1.807) is 0 Å². The van der Waals surface area contributed by atoms with Gasteiger partial charge in [-0.2, -0.15) is 4.98 Å². The number of hydrogen-bond donors (Lipinski definition) is 3. The highest BCUT2D eigenvalue weighted by Crippen LogP contribution is 2.30. The molecular formula is C17H23ClN4O3. The summed E-state index contributed by atoms with van der Waals surface area (Å²) in [6.07, 6.45) is -0.846. The van der Waals surface area contributed by atoms with Crippen molar-refractivity contribution in [3.63, 3.8) is 0 Å². The van der Waals surface area contributed by atoms with Crippen LogP contribution in [0.2, 0.25) is 0 Å². The molecule has 7 nitrogen and oxygen atoms in total. The van der Waals surface area contributed by atoms with Crippen LogP contribution in [-0.4, -0.2) is 64.7 Å². The summed E-state index contributed by atoms with van der Waals surface area (Å²) in [5, 5.41) is 23.7. The van der Waals surface area contributed by atoms with Gasteiger partial charge in [0, 0.05) is 39.0 Å². The van der Waals surface area contributed by atoms with Gasteiger partial charge < -0.3 is 25.2 Å². The fraction of sp³-hybridized carbons (Fsp3) is 0.529. The third-order valence-electron chi connectivity index (χ3n) is 4.69. The molecule has 1 aromatic heterocycles. The maximum atomic E-state index is 9.74. The second-order valence-corrected chi connectivity index (χ2v) is 6.43. The van der Waals surface area contributed by atoms with Crippen LogP contribution in [0.1, 0.15) is 12.8 Å². The van der Waals surface area contributed by atoms with E-state index in [4.69, 9.17) is 4.74 Å². The van der Waals surface area contributed by atoms with Crippen LogP contribution in [0.5, 0.6) is 5.88 Å². The molecule has 4 rings (SSSR count). The first-order valence-electron chi connectivity index (χ1n) is 8.46. The summed E-state index contributed by atoms with van der Waals surface area (Å²) in [5.74, 6) is 1.20. The van der Waals surface area contributed by atoms with Gasteiger partial charge in [-0.1, -0.05) is 12.1 Å². The van der Waals surface area contributed by atoms with Crippen molar-refractivity contribution in [2.24, 2.45) is 0 Å². The summed E-state index contributed by atoms with van der Waals surface area (Å²) in [4.78, 5) is 11.5. The number of hydrogen-bond acceptors (Lipinski definition) is 7. The first-order valence-corrected chi connectivity index (χ1v) is 8.46. The van der Waals surface area contributed by atoms with E-state index in [9.17, 15) is 10.2 Å². The van der Waals surface area contributed by atoms with Crippen LogP contribution >= 0.6 is 12.4 Å². The maximum absolute atomic E-state index is 9.74. The normalized spacial score (nSPS) is 26.5. The van der Waals surface area contributed by atoms with E-state index in [-0.39, 0.29) is 18.5 Å². The van der Waals surface area contributed by atoms with Gasteiger partial charge in [-0.3, -0.25) is 0 Å². The summed E-state index contributed by atoms with van der Waals surface area (Å²) in [5.41, 5.74) is 0.843. The largest absolute Gasteiger partial charge is 0.474 e. The lowest BCUT2D eigenvalue weighted by Crippen LogP contribution is -2.44. The van der Waals surface area contributed by atoms with Crippen LogP contribution in [0, 0.1) is 0 Å². The summed E-state index contributed by atoms with van der Waals surface area (Å²) < 4.78 is 6.05. The molecule has 25 heavy (non-hydrogen) atoms. The highest BCUT2D eigenvalue weighted by molar-refractivity contribution is 5.85. The monoisotopic (exact) mass is 366 g/mol. The van der Waals surface area contributed by atoms with Gasteiger partial charge in [-0.05, 0) is 12.1 Å². The molecule has 8 heteroatoms. The number of benzene rings is 1. The summed E-state index contributed by atoms with van der Waals surface area (Å²) in [6, 6.07) is 7.77. The van der Waals surface area contributed by atoms with Gasteiger partial charge in [0.05, 0.1) is 23.1 Å². The van der Waals surface area contributed by atoms with Crippen LogP contribution in [0.15, 0.2) is 24.3 Å². The van der Waals surface area contributed by atoms with Crippen molar-refractivity contribution in [3.05, 3.63) is 24.3 Å². The first-order chi connectivity index (χ1) is 11.7. The fourth-order valence-corrected chi connectivity index (χ4v) is 3.34. The maximum Gasteiger partial charge on any atom is 0.229 e. The Labute approximate surface area is 152 Å². The number of fused-ring (bicyclic) bond motifs is 1. The van der Waals surface area contributed by atoms with Gasteiger partial charge in [-0.15, -0.1) is 12.4 Å². The van der Waals surface area contributed by atoms with E-state index >= 15 is 0 Å². The Balaban J connectivity index is 0.00000182. The highest BCUT2D eigenvalue weighted by Gasteiger charge is 2.33. The van der Waals surface area contributed by atoms with Crippen molar-refractivity contribution in [2.45, 2.75) is 31.2 Å². The van der Waals surface area contributed by atoms with Crippen molar-refractivity contribution in [1.29, 1.82) is 0 Å². The number of rotatable bonds is 3. The Kier molecular flexibility index (Phi) is 5.58. The van der Waals surface area contributed by atoms with Crippen molar-refractivity contribution < 1.29 is 14.9 Å². The average Bonchev–Trinajstić information content (AvgIpc) is 2.93. The minimum absolute atomic E-state index is 0. The molecule has 0 spiro atoms. The summed E-state index contributed by atoms with van der Waals surface area (Å²) >= 11 is 0. The number of aliphatic hydroxyl groups excluding tert-OH is 2. The van der Waals surface area contributed by atoms with Gasteiger partial charge in [-0.25, -0.2) is 4.98 Å². The number of anilines is 1. The number of halogens is 1. The van der Waals surface area contributed by atoms with Gasteiger partial charge in [0.15, 0.2) is 0 Å². The minimum Gasteiger partial charge on any atom is -0.474 e. The molecule has 2 heterocycles. The number of nitrogens with one attached hydrogen (secondary N) is 1. The quantitative estimate of drug-likeness (QED) is 0.737. The molecule has 1 saturated carbocycles. The lowest BCUT2D eigenvalue weighted by molar-refractivity contribution is 0.0438. The predicted molar refractivity (Wildman–Crippen MR) is 97.5 cm³/mol. The lowest BCUT2D eigenvalue weighted by Gasteiger charge is -2.28. The molecule has 1 aliphatic heterocycles. The van der Waals surface area contributed by atoms with E-state index in [2.05, 4.69) is 20.2 Å². The molecule has 0 radical (unpaired) electrons. The number of ether oxygens (including phenoxy) is 1. The minimum atomic E-state index is -0.726. The molecule has 2 fully saturated rings. The number of aromatic nitrogens is 2. The van der Waals surface area contributed by atoms with E-state index in [1.165, 1.54) is 0 Å². The molecule has 1 aromatic carbocycles. The zero-order valence-electron chi connectivity index (χ0n) is 13.8. The third kappa shape index (κ3) is 3.79. The van der Waals surface area contributed by atoms with E-state index in [1.807, 2.05) is 24.3 Å². The number of para-hydroxylation sites is 1. The Morgan fingerprint density at radius 2 is 1.72 bits per heavy atom. The standard InChI is InChI=1S/C17H22N4O3.ClH/c22-14-9-11(10-15(14)23)24-16-12-3-1-2-4-13(12)19-17(20-16)21-7-5-18-6-8-21;/h1-4,11,14-15,18,22-23H,5-10H2;1H/t11-,14+,15-;. The van der Waals surface area contributed by atoms with Crippen LogP contribution in [0.3, 0.4) is 0 Å². The van der Waals surface area contributed by atoms with Crippen molar-refractivity contribution in [3.8, 4) is 5.88 Å². The van der Waals surface area contributed by atoms with E-state index in [0.29, 0.717) is 24.7 Å². The van der Waals surface area contributed by atoms with Crippen LogP contribution in [0.25, 0.3) is 10.9 Å². The third-order valence-corrected chi connectivity index (χ3v) is 4.69. The van der Waals surface area contributed by atoms with Crippen LogP contribution < -0.4 is 15.0 Å². The Bertz CT molecular complexity index is 716. The zero-order chi connectivity index (χ0) is 16.5. The fourth-order valence-electron chi connectivity index (χ4n) is 3.34. The molecule has 0 amide bonds. The van der Waals surface area contributed by atoms with Crippen LogP contribution in [-0.2, 0) is 0 Å². The van der Waals surface area contributed by atoms with Crippen LogP contribution in [0.4, 0.5) is 5.95 Å². The molecule has 2 aromatic rings. The summed E-state index contributed by atoms with van der Waals surface area (Å²) in [7, 11) is 0. The topological polar surface area (TPSA) is 90.7 Å². The number of aliphatic hydroxyl groups is 2. The van der Waals surface area contributed by atoms with Gasteiger partial charge in [0.2, 0.25) is 11.8 Å². The molecular weight excluding hydrogens is 344 g/mol. The predicted octanol–water partition coefficient (Wildman–Crippen LogP) is 0.724. The molecule has 0 unspecified atom stereocenters. The zero-order valence-corrected chi connectivity index (χ0v) is 14.7. The summed E-state index contributed by atoms with van der Waals surface area (Å²) in [6.45, 7) is 3.54. The Morgan fingerprint density at radius 3 is 2.44 bits per heavy atom. The molecule has 3 N–H and O–H groups in total. The molecule has 136 valence electrons. The van der Waals surface area contributed by atoms with E-state index in [0.717, 1.165) is 37.1 Å².